The third kappa shape index (κ3) is 5.66. The number of unbranched alkanes of at least 4 members (excludes halogenated alkanes) is 4. The molecule has 0 bridgehead atoms. The lowest BCUT2D eigenvalue weighted by atomic mass is 10.0. The molecule has 0 saturated heterocycles. The molecule has 0 aliphatic carbocycles. The summed E-state index contributed by atoms with van der Waals surface area (Å²) in [7, 11) is 0. The first-order valence-electron chi connectivity index (χ1n) is 9.05. The second kappa shape index (κ2) is 10.3. The highest BCUT2D eigenvalue weighted by Gasteiger charge is 2.14. The van der Waals surface area contributed by atoms with E-state index in [4.69, 9.17) is 4.74 Å². The molecule has 0 N–H and O–H groups in total. The van der Waals surface area contributed by atoms with Crippen molar-refractivity contribution in [2.75, 3.05) is 0 Å². The van der Waals surface area contributed by atoms with Gasteiger partial charge < -0.3 is 4.74 Å². The Hall–Kier alpha value is -2.75. The number of carbonyl (C=O) groups excluding carboxylic acids is 3. The Morgan fingerprint density at radius 2 is 1.65 bits per heavy atom. The summed E-state index contributed by atoms with van der Waals surface area (Å²) in [4.78, 5) is 35.8. The van der Waals surface area contributed by atoms with Crippen molar-refractivity contribution in [1.82, 2.24) is 0 Å². The molecule has 136 valence electrons. The third-order valence-electron chi connectivity index (χ3n) is 4.18. The fraction of sp³-hybridized carbons (Fsp3) is 0.318. The predicted octanol–water partition coefficient (Wildman–Crippen LogP) is 5.26. The number of ether oxygens (including phenoxy) is 1. The maximum absolute atomic E-state index is 12.3. The summed E-state index contributed by atoms with van der Waals surface area (Å²) in [6, 6.07) is 13.2. The molecule has 0 heterocycles. The second-order valence-corrected chi connectivity index (χ2v) is 6.21. The average Bonchev–Trinajstić information content (AvgIpc) is 2.68. The molecule has 0 atom stereocenters. The Kier molecular flexibility index (Phi) is 7.75. The van der Waals surface area contributed by atoms with Crippen molar-refractivity contribution in [3.8, 4) is 5.75 Å². The van der Waals surface area contributed by atoms with Crippen LogP contribution in [0.4, 0.5) is 0 Å². The molecule has 0 aliphatic rings. The molecular weight excluding hydrogens is 328 g/mol. The van der Waals surface area contributed by atoms with Crippen LogP contribution in [0.2, 0.25) is 0 Å². The first-order chi connectivity index (χ1) is 12.7. The number of esters is 1. The lowest BCUT2D eigenvalue weighted by molar-refractivity contribution is 0.0733. The van der Waals surface area contributed by atoms with Crippen molar-refractivity contribution >= 4 is 18.0 Å². The van der Waals surface area contributed by atoms with Gasteiger partial charge in [0.1, 0.15) is 5.75 Å². The van der Waals surface area contributed by atoms with Crippen LogP contribution < -0.4 is 4.74 Å². The van der Waals surface area contributed by atoms with Crippen LogP contribution >= 0.6 is 0 Å². The van der Waals surface area contributed by atoms with Gasteiger partial charge in [0, 0.05) is 12.0 Å². The molecule has 4 heteroatoms. The topological polar surface area (TPSA) is 60.4 Å². The lowest BCUT2D eigenvalue weighted by Gasteiger charge is -2.08. The fourth-order valence-electron chi connectivity index (χ4n) is 2.67. The van der Waals surface area contributed by atoms with Gasteiger partial charge in [0.15, 0.2) is 12.1 Å². The fourth-order valence-corrected chi connectivity index (χ4v) is 2.67. The number of aldehydes is 1. The maximum atomic E-state index is 12.3. The zero-order valence-electron chi connectivity index (χ0n) is 15.1. The summed E-state index contributed by atoms with van der Waals surface area (Å²) in [5.41, 5.74) is 1.07. The van der Waals surface area contributed by atoms with Crippen LogP contribution in [0.25, 0.3) is 0 Å². The monoisotopic (exact) mass is 352 g/mol. The normalized spacial score (nSPS) is 10.3. The Morgan fingerprint density at radius 3 is 2.35 bits per heavy atom. The van der Waals surface area contributed by atoms with Gasteiger partial charge in [0.2, 0.25) is 0 Å². The van der Waals surface area contributed by atoms with E-state index in [1.54, 1.807) is 36.4 Å². The minimum Gasteiger partial charge on any atom is -0.422 e. The highest BCUT2D eigenvalue weighted by atomic mass is 16.5. The van der Waals surface area contributed by atoms with Crippen molar-refractivity contribution in [2.45, 2.75) is 45.4 Å². The lowest BCUT2D eigenvalue weighted by Crippen LogP contribution is -2.10. The molecule has 0 saturated carbocycles. The number of hydrogen-bond acceptors (Lipinski definition) is 4. The SMILES string of the molecule is CCCCCCCC(=O)c1ccc(OC(=O)c2ccccc2)c(C=O)c1. The van der Waals surface area contributed by atoms with E-state index in [9.17, 15) is 14.4 Å². The first-order valence-corrected chi connectivity index (χ1v) is 9.05. The van der Waals surface area contributed by atoms with E-state index in [0.29, 0.717) is 23.8 Å². The number of Topliss-reactive ketones (excluding diaryl/α,β-unsaturated/α-hetero) is 1. The summed E-state index contributed by atoms with van der Waals surface area (Å²) in [6.07, 6.45) is 6.44. The molecule has 0 radical (unpaired) electrons. The Labute approximate surface area is 154 Å². The smallest absolute Gasteiger partial charge is 0.343 e. The van der Waals surface area contributed by atoms with Crippen molar-refractivity contribution < 1.29 is 19.1 Å². The largest absolute Gasteiger partial charge is 0.422 e. The molecule has 4 nitrogen and oxygen atoms in total. The quantitative estimate of drug-likeness (QED) is 0.192. The van der Waals surface area contributed by atoms with E-state index in [2.05, 4.69) is 6.92 Å². The zero-order valence-corrected chi connectivity index (χ0v) is 15.1. The van der Waals surface area contributed by atoms with Crippen molar-refractivity contribution in [2.24, 2.45) is 0 Å². The molecule has 0 aromatic heterocycles. The standard InChI is InChI=1S/C22H24O4/c1-2-3-4-5-9-12-20(24)18-13-14-21(19(15-18)16-23)26-22(25)17-10-7-6-8-11-17/h6-8,10-11,13-16H,2-5,9,12H2,1H3. The summed E-state index contributed by atoms with van der Waals surface area (Å²) in [5.74, 6) is -0.373. The van der Waals surface area contributed by atoms with Crippen LogP contribution in [0.3, 0.4) is 0 Å². The van der Waals surface area contributed by atoms with Gasteiger partial charge >= 0.3 is 5.97 Å². The first kappa shape index (κ1) is 19.6. The van der Waals surface area contributed by atoms with E-state index in [0.717, 1.165) is 19.3 Å². The number of ketones is 1. The predicted molar refractivity (Wildman–Crippen MR) is 101 cm³/mol. The van der Waals surface area contributed by atoms with Crippen molar-refractivity contribution in [3.05, 3.63) is 65.2 Å². The molecule has 2 aromatic carbocycles. The van der Waals surface area contributed by atoms with Crippen LogP contribution in [-0.2, 0) is 0 Å². The Morgan fingerprint density at radius 1 is 0.923 bits per heavy atom. The van der Waals surface area contributed by atoms with Gasteiger partial charge in [-0.25, -0.2) is 4.79 Å². The molecule has 0 amide bonds. The van der Waals surface area contributed by atoms with Crippen LogP contribution in [-0.4, -0.2) is 18.0 Å². The minimum atomic E-state index is -0.538. The van der Waals surface area contributed by atoms with Crippen LogP contribution in [0.15, 0.2) is 48.5 Å². The van der Waals surface area contributed by atoms with Gasteiger partial charge in [-0.1, -0.05) is 50.8 Å². The molecule has 0 aliphatic heterocycles. The number of carbonyl (C=O) groups is 3. The number of hydrogen-bond donors (Lipinski definition) is 0. The Balaban J connectivity index is 2.01. The zero-order chi connectivity index (χ0) is 18.8. The minimum absolute atomic E-state index is 0.00512. The third-order valence-corrected chi connectivity index (χ3v) is 4.18. The molecular formula is C22H24O4. The van der Waals surface area contributed by atoms with Gasteiger partial charge in [-0.05, 0) is 36.8 Å². The van der Waals surface area contributed by atoms with E-state index in [1.807, 2.05) is 0 Å². The molecule has 0 unspecified atom stereocenters. The van der Waals surface area contributed by atoms with Crippen molar-refractivity contribution in [3.63, 3.8) is 0 Å². The molecule has 26 heavy (non-hydrogen) atoms. The van der Waals surface area contributed by atoms with Gasteiger partial charge in [-0.15, -0.1) is 0 Å². The van der Waals surface area contributed by atoms with Crippen LogP contribution in [0, 0.1) is 0 Å². The maximum Gasteiger partial charge on any atom is 0.343 e. The van der Waals surface area contributed by atoms with E-state index < -0.39 is 5.97 Å². The summed E-state index contributed by atoms with van der Waals surface area (Å²) in [6.45, 7) is 2.15. The summed E-state index contributed by atoms with van der Waals surface area (Å²) < 4.78 is 5.30. The second-order valence-electron chi connectivity index (χ2n) is 6.21. The summed E-state index contributed by atoms with van der Waals surface area (Å²) >= 11 is 0. The number of benzene rings is 2. The summed E-state index contributed by atoms with van der Waals surface area (Å²) in [5, 5.41) is 0. The van der Waals surface area contributed by atoms with Crippen molar-refractivity contribution in [1.29, 1.82) is 0 Å². The highest BCUT2D eigenvalue weighted by Crippen LogP contribution is 2.21. The van der Waals surface area contributed by atoms with Crippen LogP contribution in [0.5, 0.6) is 5.75 Å². The van der Waals surface area contributed by atoms with Gasteiger partial charge in [0.25, 0.3) is 0 Å². The highest BCUT2D eigenvalue weighted by molar-refractivity contribution is 5.98. The van der Waals surface area contributed by atoms with E-state index in [1.165, 1.54) is 25.0 Å². The molecule has 2 rings (SSSR count). The molecule has 2 aromatic rings. The van der Waals surface area contributed by atoms with E-state index in [-0.39, 0.29) is 17.1 Å². The van der Waals surface area contributed by atoms with Gasteiger partial charge in [-0.2, -0.15) is 0 Å². The van der Waals surface area contributed by atoms with Gasteiger partial charge in [-0.3, -0.25) is 9.59 Å². The Bertz CT molecular complexity index is 750. The molecule has 0 spiro atoms. The number of rotatable bonds is 10. The van der Waals surface area contributed by atoms with Crippen LogP contribution in [0.1, 0.15) is 76.5 Å². The molecule has 0 fully saturated rings. The van der Waals surface area contributed by atoms with E-state index >= 15 is 0 Å². The average molecular weight is 352 g/mol. The van der Waals surface area contributed by atoms with Gasteiger partial charge in [0.05, 0.1) is 11.1 Å².